The highest BCUT2D eigenvalue weighted by Crippen LogP contribution is 2.31. The average molecular weight is 811 g/mol. The van der Waals surface area contributed by atoms with Crippen molar-refractivity contribution < 1.29 is 124 Å². The van der Waals surface area contributed by atoms with Crippen LogP contribution in [0.5, 0.6) is 0 Å². The number of ether oxygens (including phenoxy) is 11. The molecule has 25 nitrogen and oxygen atoms in total. The normalized spacial score (nSPS) is 54.2. The maximum absolute atomic E-state index is 10.8. The Morgan fingerprint density at radius 1 is 0.255 bits per heavy atom. The molecule has 320 valence electrons. The minimum atomic E-state index is -1.83. The molecule has 6 aliphatic rings. The van der Waals surface area contributed by atoms with Gasteiger partial charge in [-0.05, 0) is 0 Å². The number of hydrogen-bond acceptors (Lipinski definition) is 25. The van der Waals surface area contributed by atoms with Crippen molar-refractivity contribution in [3.05, 3.63) is 0 Å². The van der Waals surface area contributed by atoms with Gasteiger partial charge in [-0.25, -0.2) is 0 Å². The van der Waals surface area contributed by atoms with E-state index in [-0.39, 0.29) is 13.2 Å². The van der Waals surface area contributed by atoms with Gasteiger partial charge >= 0.3 is 0 Å². The molecular weight excluding hydrogens is 760 g/mol. The van der Waals surface area contributed by atoms with Crippen LogP contribution in [0.25, 0.3) is 0 Å². The van der Waals surface area contributed by atoms with E-state index in [0.29, 0.717) is 0 Å². The molecule has 0 aliphatic carbocycles. The quantitative estimate of drug-likeness (QED) is 0.0974. The van der Waals surface area contributed by atoms with Gasteiger partial charge in [0, 0.05) is 0 Å². The summed E-state index contributed by atoms with van der Waals surface area (Å²) < 4.78 is 59.4. The monoisotopic (exact) mass is 810 g/mol. The molecule has 6 heterocycles. The van der Waals surface area contributed by atoms with Crippen LogP contribution in [0.2, 0.25) is 0 Å². The van der Waals surface area contributed by atoms with Crippen LogP contribution >= 0.6 is 0 Å². The molecule has 0 saturated carbocycles. The summed E-state index contributed by atoms with van der Waals surface area (Å²) in [6.45, 7) is -2.52. The summed E-state index contributed by atoms with van der Waals surface area (Å²) in [6.07, 6.45) is -37.9. The Kier molecular flexibility index (Phi) is 14.7. The zero-order valence-corrected chi connectivity index (χ0v) is 28.9. The van der Waals surface area contributed by atoms with E-state index in [2.05, 4.69) is 0 Å². The number of aliphatic hydroxyl groups excluding tert-OH is 14. The number of rotatable bonds is 10. The van der Waals surface area contributed by atoms with Gasteiger partial charge < -0.3 is 124 Å². The van der Waals surface area contributed by atoms with Crippen LogP contribution in [0.3, 0.4) is 0 Å². The summed E-state index contributed by atoms with van der Waals surface area (Å²) in [5.41, 5.74) is 0. The highest BCUT2D eigenvalue weighted by Gasteiger charge is 2.51. The molecule has 0 aromatic heterocycles. The van der Waals surface area contributed by atoms with Crippen molar-refractivity contribution >= 4 is 0 Å². The van der Waals surface area contributed by atoms with Gasteiger partial charge in [0.1, 0.15) is 110 Å². The van der Waals surface area contributed by atoms with Crippen LogP contribution in [0.4, 0.5) is 0 Å². The lowest BCUT2D eigenvalue weighted by Crippen LogP contribution is -2.63. The van der Waals surface area contributed by atoms with E-state index < -0.39 is 174 Å². The van der Waals surface area contributed by atoms with Crippen molar-refractivity contribution in [3.63, 3.8) is 0 Å². The summed E-state index contributed by atoms with van der Waals surface area (Å²) >= 11 is 0. The SMILES string of the molecule is OC1[C@H](O[C@@H]2CO[C@H](O[C@@H]3CO[C@H](O[C@@H]4CO[C@H](O[C@@H]5CO[C@@H](O[C@@H]6CO[C@@H](O)C(O)[C@H]6O)C(O)[C@H]5O)C(O)[C@H]4O)C(O)[C@H]3O)C(O)[C@H]2O)OC[C@@H](O)[C@@H]1O. The molecule has 55 heavy (non-hydrogen) atoms. The molecule has 0 bridgehead atoms. The van der Waals surface area contributed by atoms with E-state index in [4.69, 9.17) is 52.1 Å². The minimum absolute atomic E-state index is 0.365. The molecule has 24 atom stereocenters. The molecule has 0 spiro atoms. The van der Waals surface area contributed by atoms with Crippen molar-refractivity contribution in [1.82, 2.24) is 0 Å². The van der Waals surface area contributed by atoms with Gasteiger partial charge in [0.2, 0.25) is 0 Å². The summed E-state index contributed by atoms with van der Waals surface area (Å²) in [5, 5.41) is 144. The van der Waals surface area contributed by atoms with Crippen LogP contribution in [-0.4, -0.2) is 259 Å². The molecule has 25 heteroatoms. The Hall–Kier alpha value is -1.00. The van der Waals surface area contributed by atoms with Gasteiger partial charge in [-0.3, -0.25) is 0 Å². The average Bonchev–Trinajstić information content (AvgIpc) is 3.16. The molecular formula is C30H50O25. The molecule has 6 saturated heterocycles. The van der Waals surface area contributed by atoms with Crippen molar-refractivity contribution in [2.45, 2.75) is 148 Å². The third kappa shape index (κ3) is 9.42. The second-order valence-electron chi connectivity index (χ2n) is 14.1. The maximum Gasteiger partial charge on any atom is 0.186 e. The third-order valence-corrected chi connectivity index (χ3v) is 10.2. The third-order valence-electron chi connectivity index (χ3n) is 10.2. The van der Waals surface area contributed by atoms with Crippen molar-refractivity contribution in [2.24, 2.45) is 0 Å². The van der Waals surface area contributed by atoms with E-state index in [1.54, 1.807) is 0 Å². The molecule has 6 unspecified atom stereocenters. The molecule has 6 rings (SSSR count). The first-order valence-corrected chi connectivity index (χ1v) is 17.6. The van der Waals surface area contributed by atoms with Crippen LogP contribution in [-0.2, 0) is 52.1 Å². The zero-order valence-electron chi connectivity index (χ0n) is 28.9. The predicted molar refractivity (Wildman–Crippen MR) is 163 cm³/mol. The van der Waals surface area contributed by atoms with Crippen molar-refractivity contribution in [2.75, 3.05) is 39.6 Å². The summed E-state index contributed by atoms with van der Waals surface area (Å²) in [5.74, 6) is 0. The molecule has 0 radical (unpaired) electrons. The first-order chi connectivity index (χ1) is 26.1. The smallest absolute Gasteiger partial charge is 0.186 e. The molecule has 0 aromatic carbocycles. The largest absolute Gasteiger partial charge is 0.388 e. The Morgan fingerprint density at radius 2 is 0.491 bits per heavy atom. The number of aliphatic hydroxyl groups is 14. The van der Waals surface area contributed by atoms with Gasteiger partial charge in [0.15, 0.2) is 37.7 Å². The zero-order chi connectivity index (χ0) is 39.9. The summed E-state index contributed by atoms with van der Waals surface area (Å²) in [6, 6.07) is 0. The summed E-state index contributed by atoms with van der Waals surface area (Å²) in [7, 11) is 0. The Bertz CT molecular complexity index is 1120. The van der Waals surface area contributed by atoms with Crippen LogP contribution < -0.4 is 0 Å². The Labute approximate surface area is 311 Å². The summed E-state index contributed by atoms with van der Waals surface area (Å²) in [4.78, 5) is 0. The second kappa shape index (κ2) is 18.5. The fourth-order valence-corrected chi connectivity index (χ4v) is 6.69. The molecule has 6 fully saturated rings. The minimum Gasteiger partial charge on any atom is -0.388 e. The van der Waals surface area contributed by atoms with Gasteiger partial charge in [0.25, 0.3) is 0 Å². The fourth-order valence-electron chi connectivity index (χ4n) is 6.69. The second-order valence-corrected chi connectivity index (χ2v) is 14.1. The first-order valence-electron chi connectivity index (χ1n) is 17.6. The van der Waals surface area contributed by atoms with E-state index in [1.165, 1.54) is 0 Å². The van der Waals surface area contributed by atoms with Gasteiger partial charge in [-0.2, -0.15) is 0 Å². The molecule has 0 amide bonds. The van der Waals surface area contributed by atoms with Crippen LogP contribution in [0, 0.1) is 0 Å². The molecule has 6 aliphatic heterocycles. The van der Waals surface area contributed by atoms with Crippen LogP contribution in [0.1, 0.15) is 0 Å². The van der Waals surface area contributed by atoms with E-state index in [9.17, 15) is 71.5 Å². The first kappa shape index (κ1) is 43.6. The van der Waals surface area contributed by atoms with E-state index in [0.717, 1.165) is 0 Å². The van der Waals surface area contributed by atoms with Crippen molar-refractivity contribution in [3.8, 4) is 0 Å². The topological polar surface area (TPSA) is 385 Å². The van der Waals surface area contributed by atoms with Gasteiger partial charge in [-0.1, -0.05) is 0 Å². The lowest BCUT2D eigenvalue weighted by Gasteiger charge is -2.45. The Morgan fingerprint density at radius 3 is 0.800 bits per heavy atom. The Balaban J connectivity index is 0.936. The van der Waals surface area contributed by atoms with E-state index in [1.807, 2.05) is 0 Å². The predicted octanol–water partition coefficient (Wildman–Crippen LogP) is -10.3. The standard InChI is InChI=1S/C30H50O25/c31-7-1-46-26(20(39)13(7)32)52-9-3-48-28(22(41)15(9)34)54-11-5-50-30(24(43)17(11)36)55-12-6-49-29(23(42)18(12)37)53-10-4-47-27(21(40)16(10)35)51-8-2-45-25(44)19(38)14(8)33/h7-44H,1-6H2/t7-,8-,9-,10-,11-,12-,13+,14+,15+,16+,17+,18+,19?,20?,21?,22?,23?,24?,25-,26+,27+,28-,29-,30-/m1/s1. The number of hydrogen-bond donors (Lipinski definition) is 14. The van der Waals surface area contributed by atoms with Crippen LogP contribution in [0.15, 0.2) is 0 Å². The van der Waals surface area contributed by atoms with E-state index >= 15 is 0 Å². The van der Waals surface area contributed by atoms with Gasteiger partial charge in [-0.15, -0.1) is 0 Å². The highest BCUT2D eigenvalue weighted by atomic mass is 16.8. The maximum atomic E-state index is 10.8. The van der Waals surface area contributed by atoms with Gasteiger partial charge in [0.05, 0.1) is 39.6 Å². The molecule has 14 N–H and O–H groups in total. The molecule has 0 aromatic rings. The highest BCUT2D eigenvalue weighted by molar-refractivity contribution is 4.93. The lowest BCUT2D eigenvalue weighted by atomic mass is 10.0. The lowest BCUT2D eigenvalue weighted by molar-refractivity contribution is -0.365. The van der Waals surface area contributed by atoms with Crippen molar-refractivity contribution in [1.29, 1.82) is 0 Å². The fraction of sp³-hybridized carbons (Fsp3) is 1.00.